The minimum Gasteiger partial charge on any atom is -0.479 e. The Kier molecular flexibility index (Phi) is 1.58. The summed E-state index contributed by atoms with van der Waals surface area (Å²) in [6.07, 6.45) is -1.76. The Labute approximate surface area is 56.2 Å². The van der Waals surface area contributed by atoms with Crippen LogP contribution in [0.1, 0.15) is 6.42 Å². The average molecular weight is 146 g/mol. The Morgan fingerprint density at radius 3 is 1.70 bits per heavy atom. The molecule has 0 aromatic heterocycles. The number of carbonyl (C=O) groups is 2. The molecule has 0 radical (unpaired) electrons. The summed E-state index contributed by atoms with van der Waals surface area (Å²) in [5.74, 6) is -2.20. The van der Waals surface area contributed by atoms with Crippen molar-refractivity contribution in [1.29, 1.82) is 0 Å². The van der Waals surface area contributed by atoms with E-state index in [4.69, 9.17) is 10.2 Å². The van der Waals surface area contributed by atoms with Crippen molar-refractivity contribution in [1.82, 2.24) is 0 Å². The van der Waals surface area contributed by atoms with Crippen molar-refractivity contribution in [3.05, 3.63) is 0 Å². The summed E-state index contributed by atoms with van der Waals surface area (Å²) in [7, 11) is 0. The van der Waals surface area contributed by atoms with E-state index in [2.05, 4.69) is 4.74 Å². The lowest BCUT2D eigenvalue weighted by Gasteiger charge is -2.29. The smallest absolute Gasteiger partial charge is 0.332 e. The largest absolute Gasteiger partial charge is 0.479 e. The minimum atomic E-state index is -1.10. The van der Waals surface area contributed by atoms with Crippen LogP contribution in [0.25, 0.3) is 0 Å². The van der Waals surface area contributed by atoms with E-state index in [1.54, 1.807) is 0 Å². The summed E-state index contributed by atoms with van der Waals surface area (Å²) < 4.78 is 4.46. The zero-order chi connectivity index (χ0) is 7.72. The first-order valence-corrected chi connectivity index (χ1v) is 2.72. The Morgan fingerprint density at radius 1 is 1.20 bits per heavy atom. The van der Waals surface area contributed by atoms with Crippen molar-refractivity contribution >= 4 is 11.9 Å². The highest BCUT2D eigenvalue weighted by Crippen LogP contribution is 2.20. The number of ether oxygens (including phenoxy) is 1. The van der Waals surface area contributed by atoms with Crippen molar-refractivity contribution in [2.45, 2.75) is 18.6 Å². The molecule has 1 rings (SSSR count). The lowest BCUT2D eigenvalue weighted by molar-refractivity contribution is -0.192. The number of carboxylic acid groups (broad SMARTS) is 2. The predicted molar refractivity (Wildman–Crippen MR) is 28.5 cm³/mol. The first-order chi connectivity index (χ1) is 4.61. The number of hydrogen-bond donors (Lipinski definition) is 2. The molecule has 0 bridgehead atoms. The van der Waals surface area contributed by atoms with Crippen LogP contribution in [-0.4, -0.2) is 34.4 Å². The molecule has 0 aliphatic carbocycles. The third-order valence-corrected chi connectivity index (χ3v) is 1.31. The number of hydrogen-bond acceptors (Lipinski definition) is 3. The lowest BCUT2D eigenvalue weighted by Crippen LogP contribution is -2.47. The molecule has 0 amide bonds. The maximum absolute atomic E-state index is 10.0. The van der Waals surface area contributed by atoms with E-state index >= 15 is 0 Å². The van der Waals surface area contributed by atoms with Crippen LogP contribution in [0.3, 0.4) is 0 Å². The number of rotatable bonds is 2. The molecule has 0 saturated carbocycles. The van der Waals surface area contributed by atoms with Crippen molar-refractivity contribution in [3.8, 4) is 0 Å². The standard InChI is InChI=1S/C5H6O5/c6-4(7)2-1-3(10-2)5(8)9/h2-3H,1H2,(H,6,7)(H,8,9). The van der Waals surface area contributed by atoms with Crippen molar-refractivity contribution in [2.24, 2.45) is 0 Å². The van der Waals surface area contributed by atoms with Crippen molar-refractivity contribution in [3.63, 3.8) is 0 Å². The van der Waals surface area contributed by atoms with Crippen molar-refractivity contribution < 1.29 is 24.5 Å². The van der Waals surface area contributed by atoms with Gasteiger partial charge in [-0.15, -0.1) is 0 Å². The van der Waals surface area contributed by atoms with E-state index in [-0.39, 0.29) is 6.42 Å². The molecule has 1 aliphatic rings. The third-order valence-electron chi connectivity index (χ3n) is 1.31. The van der Waals surface area contributed by atoms with Gasteiger partial charge in [0.2, 0.25) is 0 Å². The quantitative estimate of drug-likeness (QED) is 0.538. The van der Waals surface area contributed by atoms with Crippen LogP contribution >= 0.6 is 0 Å². The maximum atomic E-state index is 10.0. The van der Waals surface area contributed by atoms with Gasteiger partial charge >= 0.3 is 11.9 Å². The molecule has 1 fully saturated rings. The molecule has 1 aliphatic heterocycles. The van der Waals surface area contributed by atoms with Crippen LogP contribution in [0.2, 0.25) is 0 Å². The molecule has 2 atom stereocenters. The number of aliphatic carboxylic acids is 2. The molecule has 2 N–H and O–H groups in total. The molecule has 0 aromatic carbocycles. The van der Waals surface area contributed by atoms with Crippen molar-refractivity contribution in [2.75, 3.05) is 0 Å². The second-order valence-corrected chi connectivity index (χ2v) is 2.03. The Hall–Kier alpha value is -1.10. The van der Waals surface area contributed by atoms with Gasteiger partial charge in [-0.2, -0.15) is 0 Å². The molecule has 1 heterocycles. The van der Waals surface area contributed by atoms with E-state index in [9.17, 15) is 9.59 Å². The van der Waals surface area contributed by atoms with Gasteiger partial charge in [-0.05, 0) is 0 Å². The zero-order valence-corrected chi connectivity index (χ0v) is 4.98. The number of carboxylic acids is 2. The zero-order valence-electron chi connectivity index (χ0n) is 4.98. The monoisotopic (exact) mass is 146 g/mol. The molecule has 0 spiro atoms. The second kappa shape index (κ2) is 2.26. The predicted octanol–water partition coefficient (Wildman–Crippen LogP) is -0.687. The summed E-state index contributed by atoms with van der Waals surface area (Å²) in [4.78, 5) is 20.1. The topological polar surface area (TPSA) is 83.8 Å². The van der Waals surface area contributed by atoms with Gasteiger partial charge in [0.15, 0.2) is 12.2 Å². The van der Waals surface area contributed by atoms with E-state index in [0.29, 0.717) is 0 Å². The fraction of sp³-hybridized carbons (Fsp3) is 0.600. The van der Waals surface area contributed by atoms with Gasteiger partial charge in [0.25, 0.3) is 0 Å². The van der Waals surface area contributed by atoms with Crippen LogP contribution in [0.15, 0.2) is 0 Å². The Bertz CT molecular complexity index is 151. The van der Waals surface area contributed by atoms with Crippen LogP contribution in [0.4, 0.5) is 0 Å². The van der Waals surface area contributed by atoms with Gasteiger partial charge in [0, 0.05) is 6.42 Å². The highest BCUT2D eigenvalue weighted by molar-refractivity contribution is 5.79. The molecule has 5 nitrogen and oxygen atoms in total. The summed E-state index contributed by atoms with van der Waals surface area (Å²) in [5, 5.41) is 16.4. The molecular formula is C5H6O5. The van der Waals surface area contributed by atoms with E-state index in [0.717, 1.165) is 0 Å². The van der Waals surface area contributed by atoms with Crippen LogP contribution < -0.4 is 0 Å². The van der Waals surface area contributed by atoms with Gasteiger partial charge in [0.05, 0.1) is 0 Å². The van der Waals surface area contributed by atoms with Gasteiger partial charge in [-0.3, -0.25) is 0 Å². The summed E-state index contributed by atoms with van der Waals surface area (Å²) >= 11 is 0. The maximum Gasteiger partial charge on any atom is 0.332 e. The third kappa shape index (κ3) is 1.08. The lowest BCUT2D eigenvalue weighted by atomic mass is 10.1. The van der Waals surface area contributed by atoms with Gasteiger partial charge in [-0.25, -0.2) is 9.59 Å². The summed E-state index contributed by atoms with van der Waals surface area (Å²) in [5.41, 5.74) is 0. The van der Waals surface area contributed by atoms with E-state index in [1.165, 1.54) is 0 Å². The average Bonchev–Trinajstić information content (AvgIpc) is 1.56. The molecule has 0 aromatic rings. The Morgan fingerprint density at radius 2 is 1.50 bits per heavy atom. The van der Waals surface area contributed by atoms with Crippen LogP contribution in [0, 0.1) is 0 Å². The van der Waals surface area contributed by atoms with E-state index < -0.39 is 24.1 Å². The van der Waals surface area contributed by atoms with E-state index in [1.807, 2.05) is 0 Å². The second-order valence-electron chi connectivity index (χ2n) is 2.03. The Balaban J connectivity index is 2.31. The first-order valence-electron chi connectivity index (χ1n) is 2.72. The molecule has 5 heteroatoms. The highest BCUT2D eigenvalue weighted by atomic mass is 16.6. The summed E-state index contributed by atoms with van der Waals surface area (Å²) in [6, 6.07) is 0. The molecule has 1 saturated heterocycles. The molecular weight excluding hydrogens is 140 g/mol. The fourth-order valence-corrected chi connectivity index (χ4v) is 0.700. The minimum absolute atomic E-state index is 0.0741. The SMILES string of the molecule is O=C(O)C1CC(C(=O)O)O1. The molecule has 56 valence electrons. The van der Waals surface area contributed by atoms with Crippen LogP contribution in [-0.2, 0) is 14.3 Å². The fourth-order valence-electron chi connectivity index (χ4n) is 0.700. The van der Waals surface area contributed by atoms with Crippen LogP contribution in [0.5, 0.6) is 0 Å². The molecule has 10 heavy (non-hydrogen) atoms. The van der Waals surface area contributed by atoms with Gasteiger partial charge in [-0.1, -0.05) is 0 Å². The normalized spacial score (nSPS) is 30.8. The first kappa shape index (κ1) is 7.01. The van der Waals surface area contributed by atoms with Gasteiger partial charge < -0.3 is 14.9 Å². The summed E-state index contributed by atoms with van der Waals surface area (Å²) in [6.45, 7) is 0. The van der Waals surface area contributed by atoms with Gasteiger partial charge in [0.1, 0.15) is 0 Å². The molecule has 2 unspecified atom stereocenters. The highest BCUT2D eigenvalue weighted by Gasteiger charge is 2.39.